The second kappa shape index (κ2) is 8.99. The molecule has 0 aromatic heterocycles. The molecule has 3 rings (SSSR count). The van der Waals surface area contributed by atoms with Crippen LogP contribution in [0, 0.1) is 5.82 Å². The zero-order chi connectivity index (χ0) is 20.3. The van der Waals surface area contributed by atoms with Gasteiger partial charge in [0.25, 0.3) is 5.91 Å². The molecule has 0 spiro atoms. The lowest BCUT2D eigenvalue weighted by Crippen LogP contribution is -2.28. The smallest absolute Gasteiger partial charge is 0.266 e. The Labute approximate surface area is 177 Å². The van der Waals surface area contributed by atoms with E-state index in [9.17, 15) is 9.18 Å². The Morgan fingerprint density at radius 1 is 1.18 bits per heavy atom. The van der Waals surface area contributed by atoms with Crippen molar-refractivity contribution in [2.24, 2.45) is 4.99 Å². The number of halogens is 3. The van der Waals surface area contributed by atoms with Crippen molar-refractivity contribution >= 4 is 57.8 Å². The second-order valence-electron chi connectivity index (χ2n) is 5.78. The number of ether oxygens (including phenoxy) is 1. The quantitative estimate of drug-likeness (QED) is 0.525. The molecule has 0 radical (unpaired) electrons. The predicted molar refractivity (Wildman–Crippen MR) is 114 cm³/mol. The van der Waals surface area contributed by atoms with E-state index in [0.717, 1.165) is 0 Å². The molecular weight excluding hydrogens is 422 g/mol. The predicted octanol–water partition coefficient (Wildman–Crippen LogP) is 6.16. The van der Waals surface area contributed by atoms with Crippen molar-refractivity contribution in [1.82, 2.24) is 4.90 Å². The molecule has 2 aromatic carbocycles. The molecule has 0 N–H and O–H groups in total. The van der Waals surface area contributed by atoms with Gasteiger partial charge in [0.15, 0.2) is 10.9 Å². The number of hydrogen-bond acceptors (Lipinski definition) is 4. The van der Waals surface area contributed by atoms with Crippen molar-refractivity contribution < 1.29 is 13.9 Å². The normalized spacial score (nSPS) is 17.0. The van der Waals surface area contributed by atoms with Gasteiger partial charge in [-0.3, -0.25) is 9.69 Å². The number of amidine groups is 1. The topological polar surface area (TPSA) is 41.9 Å². The molecule has 8 heteroatoms. The Balaban J connectivity index is 1.92. The number of nitrogens with zero attached hydrogens (tertiary/aromatic N) is 2. The van der Waals surface area contributed by atoms with E-state index in [1.165, 1.54) is 23.9 Å². The summed E-state index contributed by atoms with van der Waals surface area (Å²) in [7, 11) is 0. The van der Waals surface area contributed by atoms with Crippen molar-refractivity contribution in [1.29, 1.82) is 0 Å². The Kier molecular flexibility index (Phi) is 6.65. The molecule has 2 aromatic rings. The van der Waals surface area contributed by atoms with Gasteiger partial charge in [0.2, 0.25) is 0 Å². The number of benzene rings is 2. The maximum absolute atomic E-state index is 13.1. The van der Waals surface area contributed by atoms with Gasteiger partial charge in [-0.2, -0.15) is 0 Å². The molecule has 1 saturated heterocycles. The molecule has 28 heavy (non-hydrogen) atoms. The second-order valence-corrected chi connectivity index (χ2v) is 7.60. The molecule has 1 fully saturated rings. The van der Waals surface area contributed by atoms with E-state index in [2.05, 4.69) is 4.99 Å². The highest BCUT2D eigenvalue weighted by molar-refractivity contribution is 8.18. The molecule has 146 valence electrons. The number of thioether (sulfide) groups is 1. The van der Waals surface area contributed by atoms with Crippen molar-refractivity contribution in [2.75, 3.05) is 13.2 Å². The summed E-state index contributed by atoms with van der Waals surface area (Å²) >= 11 is 13.7. The van der Waals surface area contributed by atoms with Crippen LogP contribution in [0.15, 0.2) is 46.3 Å². The molecule has 0 unspecified atom stereocenters. The average molecular weight is 439 g/mol. The van der Waals surface area contributed by atoms with Gasteiger partial charge in [0, 0.05) is 6.54 Å². The van der Waals surface area contributed by atoms with Crippen LogP contribution in [0.1, 0.15) is 19.4 Å². The Morgan fingerprint density at radius 2 is 1.82 bits per heavy atom. The Morgan fingerprint density at radius 3 is 2.39 bits per heavy atom. The van der Waals surface area contributed by atoms with Gasteiger partial charge in [-0.1, -0.05) is 23.2 Å². The SMILES string of the molecule is CCOc1c(Cl)cc(/C=C2/SC(=Nc3ccc(F)cc3)N(CC)C2=O)cc1Cl. The summed E-state index contributed by atoms with van der Waals surface area (Å²) in [5.74, 6) is -0.0714. The summed E-state index contributed by atoms with van der Waals surface area (Å²) < 4.78 is 18.5. The van der Waals surface area contributed by atoms with Gasteiger partial charge in [0.1, 0.15) is 5.82 Å². The third-order valence-electron chi connectivity index (χ3n) is 3.86. The Bertz CT molecular complexity index is 938. The fraction of sp³-hybridized carbons (Fsp3) is 0.200. The summed E-state index contributed by atoms with van der Waals surface area (Å²) in [5, 5.41) is 1.29. The van der Waals surface area contributed by atoms with Crippen LogP contribution in [0.25, 0.3) is 6.08 Å². The first-order valence-corrected chi connectivity index (χ1v) is 10.2. The van der Waals surface area contributed by atoms with E-state index < -0.39 is 0 Å². The van der Waals surface area contributed by atoms with E-state index in [0.29, 0.717) is 50.3 Å². The zero-order valence-electron chi connectivity index (χ0n) is 15.2. The fourth-order valence-electron chi connectivity index (χ4n) is 2.59. The summed E-state index contributed by atoms with van der Waals surface area (Å²) in [6.45, 7) is 4.63. The lowest BCUT2D eigenvalue weighted by atomic mass is 10.2. The highest BCUT2D eigenvalue weighted by Crippen LogP contribution is 2.38. The fourth-order valence-corrected chi connectivity index (χ4v) is 4.27. The van der Waals surface area contributed by atoms with E-state index in [1.54, 1.807) is 35.2 Å². The minimum atomic E-state index is -0.337. The summed E-state index contributed by atoms with van der Waals surface area (Å²) in [4.78, 5) is 19.3. The molecule has 1 amide bonds. The van der Waals surface area contributed by atoms with Gasteiger partial charge in [-0.15, -0.1) is 0 Å². The van der Waals surface area contributed by atoms with E-state index in [1.807, 2.05) is 13.8 Å². The summed E-state index contributed by atoms with van der Waals surface area (Å²) in [6.07, 6.45) is 1.72. The van der Waals surface area contributed by atoms with E-state index in [4.69, 9.17) is 27.9 Å². The van der Waals surface area contributed by atoms with Crippen molar-refractivity contribution in [3.8, 4) is 5.75 Å². The largest absolute Gasteiger partial charge is 0.491 e. The molecule has 1 aliphatic heterocycles. The first kappa shape index (κ1) is 20.7. The van der Waals surface area contributed by atoms with Gasteiger partial charge in [0.05, 0.1) is 27.2 Å². The Hall–Kier alpha value is -2.02. The van der Waals surface area contributed by atoms with Crippen LogP contribution in [0.3, 0.4) is 0 Å². The van der Waals surface area contributed by atoms with Crippen molar-refractivity contribution in [2.45, 2.75) is 13.8 Å². The third kappa shape index (κ3) is 4.51. The van der Waals surface area contributed by atoms with E-state index >= 15 is 0 Å². The molecule has 0 bridgehead atoms. The van der Waals surface area contributed by atoms with Crippen LogP contribution in [-0.2, 0) is 4.79 Å². The highest BCUT2D eigenvalue weighted by Gasteiger charge is 2.32. The van der Waals surface area contributed by atoms with E-state index in [-0.39, 0.29) is 11.7 Å². The number of carbonyl (C=O) groups is 1. The molecule has 1 heterocycles. The lowest BCUT2D eigenvalue weighted by Gasteiger charge is -2.12. The number of carbonyl (C=O) groups excluding carboxylic acids is 1. The average Bonchev–Trinajstić information content (AvgIpc) is 2.94. The zero-order valence-corrected chi connectivity index (χ0v) is 17.5. The van der Waals surface area contributed by atoms with Crippen molar-refractivity contribution in [3.05, 3.63) is 62.7 Å². The highest BCUT2D eigenvalue weighted by atomic mass is 35.5. The first-order chi connectivity index (χ1) is 13.4. The minimum absolute atomic E-state index is 0.158. The number of aliphatic imine (C=N–C) groups is 1. The number of likely N-dealkylation sites (N-methyl/N-ethyl adjacent to an activating group) is 1. The van der Waals surface area contributed by atoms with Crippen molar-refractivity contribution in [3.63, 3.8) is 0 Å². The number of hydrogen-bond donors (Lipinski definition) is 0. The third-order valence-corrected chi connectivity index (χ3v) is 5.43. The monoisotopic (exact) mass is 438 g/mol. The van der Waals surface area contributed by atoms with Crippen LogP contribution >= 0.6 is 35.0 Å². The number of amides is 1. The van der Waals surface area contributed by atoms with Crippen LogP contribution in [-0.4, -0.2) is 29.1 Å². The maximum atomic E-state index is 13.1. The molecule has 0 atom stereocenters. The molecule has 0 aliphatic carbocycles. The maximum Gasteiger partial charge on any atom is 0.266 e. The van der Waals surface area contributed by atoms with Crippen LogP contribution in [0.4, 0.5) is 10.1 Å². The standard InChI is InChI=1S/C20H17Cl2FN2O2S/c1-3-25-19(26)17(28-20(25)24-14-7-5-13(23)6-8-14)11-12-9-15(21)18(27-4-2)16(22)10-12/h5-11H,3-4H2,1-2H3/b17-11+,24-20?. The molecular formula is C20H17Cl2FN2O2S. The van der Waals surface area contributed by atoms with Gasteiger partial charge >= 0.3 is 0 Å². The molecule has 4 nitrogen and oxygen atoms in total. The summed E-state index contributed by atoms with van der Waals surface area (Å²) in [6, 6.07) is 9.19. The van der Waals surface area contributed by atoms with Crippen LogP contribution < -0.4 is 4.74 Å². The number of rotatable bonds is 5. The van der Waals surface area contributed by atoms with Crippen LogP contribution in [0.5, 0.6) is 5.75 Å². The molecule has 0 saturated carbocycles. The lowest BCUT2D eigenvalue weighted by molar-refractivity contribution is -0.122. The van der Waals surface area contributed by atoms with Crippen LogP contribution in [0.2, 0.25) is 10.0 Å². The summed E-state index contributed by atoms with van der Waals surface area (Å²) in [5.41, 5.74) is 1.26. The van der Waals surface area contributed by atoms with Gasteiger partial charge in [-0.25, -0.2) is 9.38 Å². The first-order valence-electron chi connectivity index (χ1n) is 8.60. The molecule has 1 aliphatic rings. The van der Waals surface area contributed by atoms with Gasteiger partial charge < -0.3 is 4.74 Å². The van der Waals surface area contributed by atoms with Gasteiger partial charge in [-0.05, 0) is 73.6 Å². The minimum Gasteiger partial charge on any atom is -0.491 e.